The lowest BCUT2D eigenvalue weighted by molar-refractivity contribution is 0.0913. The summed E-state index contributed by atoms with van der Waals surface area (Å²) in [5.74, 6) is 0.0985. The normalized spacial score (nSPS) is 11.8. The molecule has 5 nitrogen and oxygen atoms in total. The minimum absolute atomic E-state index is 0.00879. The van der Waals surface area contributed by atoms with Crippen molar-refractivity contribution in [3.05, 3.63) is 23.4 Å². The fourth-order valence-corrected chi connectivity index (χ4v) is 2.08. The Morgan fingerprint density at radius 3 is 2.76 bits per heavy atom. The smallest absolute Gasteiger partial charge is 0.236 e. The highest BCUT2D eigenvalue weighted by Gasteiger charge is 2.11. The van der Waals surface area contributed by atoms with Crippen LogP contribution in [0, 0.1) is 0 Å². The van der Waals surface area contributed by atoms with E-state index in [1.165, 1.54) is 6.07 Å². The van der Waals surface area contributed by atoms with Crippen LogP contribution < -0.4 is 4.72 Å². The van der Waals surface area contributed by atoms with Crippen molar-refractivity contribution in [3.8, 4) is 0 Å². The van der Waals surface area contributed by atoms with Crippen LogP contribution in [0.5, 0.6) is 0 Å². The molecule has 0 aliphatic heterocycles. The molecule has 1 N–H and O–H groups in total. The summed E-state index contributed by atoms with van der Waals surface area (Å²) in [6.45, 7) is 3.84. The largest absolute Gasteiger partial charge is 0.378 e. The molecule has 0 atom stereocenters. The third kappa shape index (κ3) is 5.86. The Morgan fingerprint density at radius 1 is 1.47 bits per heavy atom. The van der Waals surface area contributed by atoms with Crippen molar-refractivity contribution < 1.29 is 13.2 Å². The number of pyridine rings is 1. The van der Waals surface area contributed by atoms with E-state index in [1.807, 2.05) is 13.8 Å². The van der Waals surface area contributed by atoms with Crippen molar-refractivity contribution in [1.82, 2.24) is 4.98 Å². The lowest BCUT2D eigenvalue weighted by atomic mass is 10.5. The number of hydrogen-bond donors (Lipinski definition) is 1. The van der Waals surface area contributed by atoms with Gasteiger partial charge in [0.25, 0.3) is 0 Å². The van der Waals surface area contributed by atoms with Gasteiger partial charge in [-0.2, -0.15) is 0 Å². The van der Waals surface area contributed by atoms with E-state index in [-0.39, 0.29) is 29.4 Å². The Morgan fingerprint density at radius 2 is 2.18 bits per heavy atom. The highest BCUT2D eigenvalue weighted by molar-refractivity contribution is 7.92. The number of ether oxygens (including phenoxy) is 1. The zero-order valence-electron chi connectivity index (χ0n) is 9.68. The van der Waals surface area contributed by atoms with Crippen molar-refractivity contribution in [2.45, 2.75) is 20.0 Å². The number of hydrogen-bond acceptors (Lipinski definition) is 4. The van der Waals surface area contributed by atoms with Crippen LogP contribution in [0.2, 0.25) is 5.15 Å². The average molecular weight is 279 g/mol. The molecule has 0 fully saturated rings. The fourth-order valence-electron chi connectivity index (χ4n) is 1.07. The van der Waals surface area contributed by atoms with Crippen molar-refractivity contribution >= 4 is 27.4 Å². The fraction of sp³-hybridized carbons (Fsp3) is 0.500. The third-order valence-corrected chi connectivity index (χ3v) is 3.21. The molecule has 96 valence electrons. The van der Waals surface area contributed by atoms with E-state index in [2.05, 4.69) is 9.71 Å². The quantitative estimate of drug-likeness (QED) is 0.807. The van der Waals surface area contributed by atoms with E-state index in [4.69, 9.17) is 16.3 Å². The van der Waals surface area contributed by atoms with Crippen LogP contribution in [0.25, 0.3) is 0 Å². The maximum atomic E-state index is 11.6. The van der Waals surface area contributed by atoms with E-state index in [0.29, 0.717) is 0 Å². The molecule has 0 unspecified atom stereocenters. The van der Waals surface area contributed by atoms with Gasteiger partial charge in [-0.25, -0.2) is 13.4 Å². The van der Waals surface area contributed by atoms with Crippen LogP contribution in [-0.2, 0) is 14.8 Å². The van der Waals surface area contributed by atoms with Gasteiger partial charge in [0.15, 0.2) is 0 Å². The van der Waals surface area contributed by atoms with Crippen molar-refractivity contribution in [3.63, 3.8) is 0 Å². The predicted molar refractivity (Wildman–Crippen MR) is 67.7 cm³/mol. The number of nitrogens with one attached hydrogen (secondary N) is 1. The highest BCUT2D eigenvalue weighted by atomic mass is 35.5. The van der Waals surface area contributed by atoms with Crippen LogP contribution >= 0.6 is 11.6 Å². The molecule has 1 aromatic heterocycles. The average Bonchev–Trinajstić information content (AvgIpc) is 2.15. The van der Waals surface area contributed by atoms with E-state index >= 15 is 0 Å². The van der Waals surface area contributed by atoms with Crippen LogP contribution in [0.1, 0.15) is 13.8 Å². The summed E-state index contributed by atoms with van der Waals surface area (Å²) >= 11 is 5.65. The van der Waals surface area contributed by atoms with Gasteiger partial charge in [0.05, 0.1) is 18.5 Å². The summed E-state index contributed by atoms with van der Waals surface area (Å²) in [5, 5.41) is 0.239. The molecule has 0 bridgehead atoms. The van der Waals surface area contributed by atoms with Gasteiger partial charge in [-0.1, -0.05) is 17.7 Å². The van der Waals surface area contributed by atoms with Gasteiger partial charge in [0.2, 0.25) is 10.0 Å². The van der Waals surface area contributed by atoms with Gasteiger partial charge in [-0.3, -0.25) is 4.72 Å². The zero-order valence-corrected chi connectivity index (χ0v) is 11.3. The molecule has 0 radical (unpaired) electrons. The number of anilines is 1. The Kier molecular flexibility index (Phi) is 5.17. The summed E-state index contributed by atoms with van der Waals surface area (Å²) in [6, 6.07) is 4.73. The minimum atomic E-state index is -3.44. The second-order valence-electron chi connectivity index (χ2n) is 3.69. The van der Waals surface area contributed by atoms with Crippen molar-refractivity contribution in [1.29, 1.82) is 0 Å². The number of nitrogens with zero attached hydrogens (tertiary/aromatic N) is 1. The number of rotatable bonds is 6. The Bertz CT molecular complexity index is 462. The SMILES string of the molecule is CC(C)OCCS(=O)(=O)Nc1cccc(Cl)n1. The van der Waals surface area contributed by atoms with E-state index in [0.717, 1.165) is 0 Å². The number of aromatic nitrogens is 1. The first-order chi connectivity index (χ1) is 7.89. The molecule has 0 aliphatic rings. The molecule has 0 amide bonds. The summed E-state index contributed by atoms with van der Waals surface area (Å²) in [4.78, 5) is 3.84. The summed E-state index contributed by atoms with van der Waals surface area (Å²) in [5.41, 5.74) is 0. The molecule has 0 saturated carbocycles. The van der Waals surface area contributed by atoms with Gasteiger partial charge in [-0.05, 0) is 26.0 Å². The van der Waals surface area contributed by atoms with E-state index < -0.39 is 10.0 Å². The lowest BCUT2D eigenvalue weighted by Crippen LogP contribution is -2.22. The molecule has 0 saturated heterocycles. The zero-order chi connectivity index (χ0) is 12.9. The lowest BCUT2D eigenvalue weighted by Gasteiger charge is -2.09. The summed E-state index contributed by atoms with van der Waals surface area (Å²) in [6.07, 6.45) is 0.00879. The molecule has 0 aromatic carbocycles. The van der Waals surface area contributed by atoms with Crippen LogP contribution in [0.15, 0.2) is 18.2 Å². The number of halogens is 1. The maximum Gasteiger partial charge on any atom is 0.236 e. The minimum Gasteiger partial charge on any atom is -0.378 e. The standard InChI is InChI=1S/C10H15ClN2O3S/c1-8(2)16-6-7-17(14,15)13-10-5-3-4-9(11)12-10/h3-5,8H,6-7H2,1-2H3,(H,12,13). The molecular weight excluding hydrogens is 264 g/mol. The van der Waals surface area contributed by atoms with Gasteiger partial charge in [0, 0.05) is 0 Å². The van der Waals surface area contributed by atoms with Gasteiger partial charge in [0.1, 0.15) is 11.0 Å². The molecule has 17 heavy (non-hydrogen) atoms. The first-order valence-corrected chi connectivity index (χ1v) is 7.17. The van der Waals surface area contributed by atoms with Crippen molar-refractivity contribution in [2.75, 3.05) is 17.1 Å². The van der Waals surface area contributed by atoms with Gasteiger partial charge < -0.3 is 4.74 Å². The molecule has 0 spiro atoms. The van der Waals surface area contributed by atoms with Crippen LogP contribution in [0.3, 0.4) is 0 Å². The molecular formula is C10H15ClN2O3S. The predicted octanol–water partition coefficient (Wildman–Crippen LogP) is 1.90. The molecule has 1 aromatic rings. The van der Waals surface area contributed by atoms with E-state index in [9.17, 15) is 8.42 Å². The molecule has 1 rings (SSSR count). The first-order valence-electron chi connectivity index (χ1n) is 5.14. The topological polar surface area (TPSA) is 68.3 Å². The third-order valence-electron chi connectivity index (χ3n) is 1.78. The van der Waals surface area contributed by atoms with Gasteiger partial charge in [-0.15, -0.1) is 0 Å². The molecule has 1 heterocycles. The van der Waals surface area contributed by atoms with E-state index in [1.54, 1.807) is 12.1 Å². The molecule has 7 heteroatoms. The maximum absolute atomic E-state index is 11.6. The first kappa shape index (κ1) is 14.2. The Labute approximate surface area is 106 Å². The second kappa shape index (κ2) is 6.18. The monoisotopic (exact) mass is 278 g/mol. The summed E-state index contributed by atoms with van der Waals surface area (Å²) in [7, 11) is -3.44. The Balaban J connectivity index is 2.55. The number of sulfonamides is 1. The Hall–Kier alpha value is -0.850. The second-order valence-corrected chi connectivity index (χ2v) is 5.92. The van der Waals surface area contributed by atoms with Crippen LogP contribution in [0.4, 0.5) is 5.82 Å². The van der Waals surface area contributed by atoms with Crippen LogP contribution in [-0.4, -0.2) is 31.9 Å². The molecule has 0 aliphatic carbocycles. The van der Waals surface area contributed by atoms with Crippen molar-refractivity contribution in [2.24, 2.45) is 0 Å². The highest BCUT2D eigenvalue weighted by Crippen LogP contribution is 2.10. The summed E-state index contributed by atoms with van der Waals surface area (Å²) < 4.78 is 30.7. The van der Waals surface area contributed by atoms with Gasteiger partial charge >= 0.3 is 0 Å².